The Morgan fingerprint density at radius 3 is 2.85 bits per heavy atom. The van der Waals surface area contributed by atoms with Gasteiger partial charge in [-0.1, -0.05) is 12.1 Å². The molecule has 1 aromatic carbocycles. The normalized spacial score (nSPS) is 17.0. The lowest BCUT2D eigenvalue weighted by molar-refractivity contribution is 0.452. The summed E-state index contributed by atoms with van der Waals surface area (Å²) in [4.78, 5) is 15.0. The molecular weight excluding hydrogens is 252 g/mol. The van der Waals surface area contributed by atoms with Gasteiger partial charge in [-0.05, 0) is 38.1 Å². The molecule has 1 aliphatic heterocycles. The van der Waals surface area contributed by atoms with Crippen LogP contribution in [-0.4, -0.2) is 27.7 Å². The third-order valence-corrected chi connectivity index (χ3v) is 4.10. The third kappa shape index (κ3) is 1.74. The highest BCUT2D eigenvalue weighted by Gasteiger charge is 2.19. The number of nitrogens with zero attached hydrogens (tertiary/aromatic N) is 2. The molecule has 0 radical (unpaired) electrons. The zero-order valence-corrected chi connectivity index (χ0v) is 11.1. The zero-order chi connectivity index (χ0) is 13.5. The van der Waals surface area contributed by atoms with Crippen LogP contribution >= 0.6 is 0 Å². The minimum atomic E-state index is -0.0511. The second-order valence-electron chi connectivity index (χ2n) is 5.36. The van der Waals surface area contributed by atoms with E-state index in [4.69, 9.17) is 5.10 Å². The summed E-state index contributed by atoms with van der Waals surface area (Å²) in [5, 5.41) is 8.77. The molecule has 1 saturated heterocycles. The Balaban J connectivity index is 1.94. The highest BCUT2D eigenvalue weighted by molar-refractivity contribution is 5.80. The van der Waals surface area contributed by atoms with Crippen molar-refractivity contribution >= 4 is 16.6 Å². The van der Waals surface area contributed by atoms with Crippen molar-refractivity contribution in [2.75, 3.05) is 13.1 Å². The van der Waals surface area contributed by atoms with Crippen molar-refractivity contribution in [1.29, 1.82) is 0 Å². The maximum atomic E-state index is 12.1. The Kier molecular flexibility index (Phi) is 2.60. The van der Waals surface area contributed by atoms with E-state index in [1.807, 2.05) is 34.8 Å². The first-order valence-electron chi connectivity index (χ1n) is 7.04. The highest BCUT2D eigenvalue weighted by atomic mass is 16.1. The number of piperidine rings is 1. The summed E-state index contributed by atoms with van der Waals surface area (Å²) < 4.78 is 1.86. The molecule has 0 atom stereocenters. The summed E-state index contributed by atoms with van der Waals surface area (Å²) in [5.74, 6) is 0.485. The number of fused-ring (bicyclic) bond motifs is 3. The first-order valence-corrected chi connectivity index (χ1v) is 7.04. The lowest BCUT2D eigenvalue weighted by Gasteiger charge is -2.20. The fraction of sp³-hybridized carbons (Fsp3) is 0.333. The van der Waals surface area contributed by atoms with Crippen LogP contribution in [-0.2, 0) is 0 Å². The van der Waals surface area contributed by atoms with Crippen LogP contribution in [0.25, 0.3) is 16.6 Å². The molecule has 0 aliphatic carbocycles. The van der Waals surface area contributed by atoms with E-state index >= 15 is 0 Å². The monoisotopic (exact) mass is 268 g/mol. The van der Waals surface area contributed by atoms with Crippen molar-refractivity contribution in [3.8, 4) is 0 Å². The molecule has 20 heavy (non-hydrogen) atoms. The van der Waals surface area contributed by atoms with Crippen LogP contribution in [0.1, 0.15) is 24.5 Å². The minimum Gasteiger partial charge on any atom is -0.317 e. The van der Waals surface area contributed by atoms with Crippen molar-refractivity contribution in [3.63, 3.8) is 0 Å². The van der Waals surface area contributed by atoms with E-state index in [1.165, 1.54) is 0 Å². The van der Waals surface area contributed by atoms with Gasteiger partial charge < -0.3 is 10.3 Å². The number of H-pyrrole nitrogens is 1. The number of hydrogen-bond acceptors (Lipinski definition) is 3. The minimum absolute atomic E-state index is 0.0511. The van der Waals surface area contributed by atoms with E-state index < -0.39 is 0 Å². The molecular formula is C15H16N4O. The Morgan fingerprint density at radius 1 is 1.20 bits per heavy atom. The van der Waals surface area contributed by atoms with Gasteiger partial charge in [-0.25, -0.2) is 4.52 Å². The number of benzene rings is 1. The van der Waals surface area contributed by atoms with Crippen molar-refractivity contribution < 1.29 is 0 Å². The molecule has 0 unspecified atom stereocenters. The Hall–Kier alpha value is -2.14. The maximum Gasteiger partial charge on any atom is 0.259 e. The van der Waals surface area contributed by atoms with Crippen LogP contribution in [0.2, 0.25) is 0 Å². The van der Waals surface area contributed by atoms with Crippen LogP contribution in [0, 0.1) is 0 Å². The predicted molar refractivity (Wildman–Crippen MR) is 78.2 cm³/mol. The fourth-order valence-electron chi connectivity index (χ4n) is 3.02. The van der Waals surface area contributed by atoms with Crippen LogP contribution in [0.4, 0.5) is 0 Å². The van der Waals surface area contributed by atoms with Crippen LogP contribution in [0.5, 0.6) is 0 Å². The zero-order valence-electron chi connectivity index (χ0n) is 11.1. The third-order valence-electron chi connectivity index (χ3n) is 4.10. The summed E-state index contributed by atoms with van der Waals surface area (Å²) in [7, 11) is 0. The average Bonchev–Trinajstić information content (AvgIpc) is 2.93. The molecule has 0 saturated carbocycles. The molecule has 0 spiro atoms. The van der Waals surface area contributed by atoms with Crippen molar-refractivity contribution in [2.45, 2.75) is 18.8 Å². The molecule has 2 N–H and O–H groups in total. The summed E-state index contributed by atoms with van der Waals surface area (Å²) in [5.41, 5.74) is 2.68. The Labute approximate surface area is 115 Å². The van der Waals surface area contributed by atoms with Gasteiger partial charge in [0.25, 0.3) is 5.56 Å². The molecule has 5 nitrogen and oxygen atoms in total. The Morgan fingerprint density at radius 2 is 2.00 bits per heavy atom. The van der Waals surface area contributed by atoms with Gasteiger partial charge in [-0.2, -0.15) is 5.10 Å². The van der Waals surface area contributed by atoms with E-state index in [-0.39, 0.29) is 5.56 Å². The number of aromatic nitrogens is 3. The SMILES string of the molecule is O=c1[nH]c2cc(C3CCNCC3)nn2c2ccccc12. The molecule has 3 heterocycles. The quantitative estimate of drug-likeness (QED) is 0.705. The largest absolute Gasteiger partial charge is 0.317 e. The topological polar surface area (TPSA) is 62.2 Å². The Bertz CT molecular complexity index is 827. The molecule has 4 rings (SSSR count). The summed E-state index contributed by atoms with van der Waals surface area (Å²) in [6, 6.07) is 9.60. The van der Waals surface area contributed by atoms with E-state index in [0.29, 0.717) is 11.3 Å². The smallest absolute Gasteiger partial charge is 0.259 e. The van der Waals surface area contributed by atoms with Gasteiger partial charge in [0.15, 0.2) is 0 Å². The van der Waals surface area contributed by atoms with Gasteiger partial charge in [0, 0.05) is 12.0 Å². The van der Waals surface area contributed by atoms with Crippen molar-refractivity contribution in [1.82, 2.24) is 19.9 Å². The first-order chi connectivity index (χ1) is 9.83. The van der Waals surface area contributed by atoms with Crippen LogP contribution < -0.4 is 10.9 Å². The molecule has 1 fully saturated rings. The van der Waals surface area contributed by atoms with E-state index in [9.17, 15) is 4.79 Å². The highest BCUT2D eigenvalue weighted by Crippen LogP contribution is 2.25. The second-order valence-corrected chi connectivity index (χ2v) is 5.36. The number of rotatable bonds is 1. The fourth-order valence-corrected chi connectivity index (χ4v) is 3.02. The molecule has 3 aromatic rings. The average molecular weight is 268 g/mol. The molecule has 0 bridgehead atoms. The predicted octanol–water partition coefficient (Wildman–Crippen LogP) is 1.64. The maximum absolute atomic E-state index is 12.1. The second kappa shape index (κ2) is 4.45. The summed E-state index contributed by atoms with van der Waals surface area (Å²) >= 11 is 0. The summed E-state index contributed by atoms with van der Waals surface area (Å²) in [6.07, 6.45) is 2.21. The van der Waals surface area contributed by atoms with Gasteiger partial charge in [0.2, 0.25) is 0 Å². The van der Waals surface area contributed by atoms with Crippen LogP contribution in [0.15, 0.2) is 35.1 Å². The molecule has 0 amide bonds. The number of hydrogen-bond donors (Lipinski definition) is 2. The lowest BCUT2D eigenvalue weighted by Crippen LogP contribution is -2.26. The van der Waals surface area contributed by atoms with Crippen molar-refractivity contribution in [2.24, 2.45) is 0 Å². The van der Waals surface area contributed by atoms with E-state index in [2.05, 4.69) is 10.3 Å². The molecule has 5 heteroatoms. The van der Waals surface area contributed by atoms with Crippen molar-refractivity contribution in [3.05, 3.63) is 46.4 Å². The standard InChI is InChI=1S/C15H16N4O/c20-15-11-3-1-2-4-13(11)19-14(17-15)9-12(18-19)10-5-7-16-8-6-10/h1-4,9-10,16H,5-8H2,(H,17,20). The van der Waals surface area contributed by atoms with Crippen LogP contribution in [0.3, 0.4) is 0 Å². The van der Waals surface area contributed by atoms with Gasteiger partial charge in [-0.15, -0.1) is 0 Å². The lowest BCUT2D eigenvalue weighted by atomic mass is 9.95. The number of para-hydroxylation sites is 1. The molecule has 102 valence electrons. The molecule has 2 aromatic heterocycles. The van der Waals surface area contributed by atoms with Gasteiger partial charge >= 0.3 is 0 Å². The van der Waals surface area contributed by atoms with Gasteiger partial charge in [-0.3, -0.25) is 4.79 Å². The van der Waals surface area contributed by atoms with E-state index in [0.717, 1.165) is 42.8 Å². The number of aromatic amines is 1. The summed E-state index contributed by atoms with van der Waals surface area (Å²) in [6.45, 7) is 2.08. The number of nitrogens with one attached hydrogen (secondary N) is 2. The van der Waals surface area contributed by atoms with Gasteiger partial charge in [0.05, 0.1) is 16.6 Å². The first kappa shape index (κ1) is 11.7. The van der Waals surface area contributed by atoms with Gasteiger partial charge in [0.1, 0.15) is 5.65 Å². The molecule has 1 aliphatic rings. The van der Waals surface area contributed by atoms with E-state index in [1.54, 1.807) is 0 Å².